The van der Waals surface area contributed by atoms with Gasteiger partial charge in [-0.2, -0.15) is 5.26 Å². The molecule has 0 saturated heterocycles. The molecule has 118 valence electrons. The van der Waals surface area contributed by atoms with E-state index in [4.69, 9.17) is 4.42 Å². The lowest BCUT2D eigenvalue weighted by Gasteiger charge is -2.07. The third kappa shape index (κ3) is 2.50. The molecule has 1 atom stereocenters. The van der Waals surface area contributed by atoms with Crippen LogP contribution in [0.3, 0.4) is 0 Å². The van der Waals surface area contributed by atoms with Crippen molar-refractivity contribution in [3.63, 3.8) is 0 Å². The van der Waals surface area contributed by atoms with E-state index in [9.17, 15) is 20.2 Å². The van der Waals surface area contributed by atoms with Crippen molar-refractivity contribution in [2.75, 3.05) is 0 Å². The highest BCUT2D eigenvalue weighted by molar-refractivity contribution is 6.04. The number of nitro benzene ring substituents is 1. The molecule has 3 aromatic rings. The van der Waals surface area contributed by atoms with E-state index in [1.807, 2.05) is 6.07 Å². The lowest BCUT2D eigenvalue weighted by atomic mass is 9.94. The number of oxazole rings is 1. The van der Waals surface area contributed by atoms with E-state index >= 15 is 0 Å². The maximum Gasteiger partial charge on any atom is 0.273 e. The Balaban J connectivity index is 2.06. The van der Waals surface area contributed by atoms with Crippen LogP contribution in [0.4, 0.5) is 5.69 Å². The van der Waals surface area contributed by atoms with Gasteiger partial charge in [-0.25, -0.2) is 4.98 Å². The number of para-hydroxylation sites is 2. The fourth-order valence-electron chi connectivity index (χ4n) is 2.48. The Morgan fingerprint density at radius 1 is 1.29 bits per heavy atom. The highest BCUT2D eigenvalue weighted by atomic mass is 16.6. The molecule has 0 fully saturated rings. The largest absolute Gasteiger partial charge is 0.439 e. The molecule has 0 radical (unpaired) electrons. The minimum Gasteiger partial charge on any atom is -0.439 e. The molecule has 0 saturated carbocycles. The molecule has 24 heavy (non-hydrogen) atoms. The molecule has 0 spiro atoms. The average Bonchev–Trinajstić information content (AvgIpc) is 2.98. The number of fused-ring (bicyclic) bond motifs is 1. The Bertz CT molecular complexity index is 967. The molecule has 0 amide bonds. The van der Waals surface area contributed by atoms with Crippen LogP contribution in [-0.2, 0) is 0 Å². The predicted molar refractivity (Wildman–Crippen MR) is 84.5 cm³/mol. The van der Waals surface area contributed by atoms with Crippen LogP contribution in [0.2, 0.25) is 0 Å². The average molecular weight is 321 g/mol. The fourth-order valence-corrected chi connectivity index (χ4v) is 2.48. The Labute approximate surface area is 136 Å². The van der Waals surface area contributed by atoms with Gasteiger partial charge >= 0.3 is 0 Å². The van der Waals surface area contributed by atoms with E-state index in [0.717, 1.165) is 0 Å². The molecular weight excluding hydrogens is 310 g/mol. The van der Waals surface area contributed by atoms with Gasteiger partial charge in [-0.05, 0) is 19.1 Å². The van der Waals surface area contributed by atoms with E-state index in [-0.39, 0.29) is 22.7 Å². The van der Waals surface area contributed by atoms with Gasteiger partial charge in [0.25, 0.3) is 5.69 Å². The van der Waals surface area contributed by atoms with Crippen LogP contribution in [0.1, 0.15) is 27.7 Å². The summed E-state index contributed by atoms with van der Waals surface area (Å²) in [5.74, 6) is -1.86. The summed E-state index contributed by atoms with van der Waals surface area (Å²) in [6, 6.07) is 13.0. The van der Waals surface area contributed by atoms with Crippen LogP contribution in [0.5, 0.6) is 0 Å². The molecular formula is C17H11N3O4. The van der Waals surface area contributed by atoms with Crippen molar-refractivity contribution in [3.05, 3.63) is 69.6 Å². The van der Waals surface area contributed by atoms with Crippen molar-refractivity contribution < 1.29 is 14.1 Å². The molecule has 1 aromatic heterocycles. The van der Waals surface area contributed by atoms with Crippen molar-refractivity contribution in [2.45, 2.75) is 12.8 Å². The van der Waals surface area contributed by atoms with Crippen LogP contribution >= 0.6 is 0 Å². The van der Waals surface area contributed by atoms with Gasteiger partial charge in [0.1, 0.15) is 5.52 Å². The topological polar surface area (TPSA) is 110 Å². The number of nitro groups is 1. The zero-order valence-electron chi connectivity index (χ0n) is 12.6. The smallest absolute Gasteiger partial charge is 0.273 e. The fraction of sp³-hybridized carbons (Fsp3) is 0.118. The second kappa shape index (κ2) is 5.93. The number of hydrogen-bond donors (Lipinski definition) is 0. The molecule has 7 heteroatoms. The van der Waals surface area contributed by atoms with Crippen molar-refractivity contribution in [1.29, 1.82) is 5.26 Å². The van der Waals surface area contributed by atoms with Gasteiger partial charge < -0.3 is 4.42 Å². The first-order valence-corrected chi connectivity index (χ1v) is 7.06. The summed E-state index contributed by atoms with van der Waals surface area (Å²) in [6.45, 7) is 1.48. The van der Waals surface area contributed by atoms with E-state index in [2.05, 4.69) is 4.98 Å². The Morgan fingerprint density at radius 2 is 2.04 bits per heavy atom. The van der Waals surface area contributed by atoms with Crippen LogP contribution in [0, 0.1) is 28.4 Å². The standard InChI is InChI=1S/C17H11N3O4/c1-10-11(5-4-7-14(10)20(22)23)16(21)12(9-18)17-19-13-6-2-3-8-15(13)24-17/h2-8,12H,1H3/t12-/m1/s1. The number of ketones is 1. The summed E-state index contributed by atoms with van der Waals surface area (Å²) in [4.78, 5) is 27.3. The van der Waals surface area contributed by atoms with Gasteiger partial charge in [0.2, 0.25) is 5.89 Å². The molecule has 0 aliphatic heterocycles. The first-order valence-electron chi connectivity index (χ1n) is 7.06. The van der Waals surface area contributed by atoms with Crippen molar-refractivity contribution in [2.24, 2.45) is 0 Å². The van der Waals surface area contributed by atoms with Crippen LogP contribution in [0.15, 0.2) is 46.9 Å². The molecule has 3 rings (SSSR count). The predicted octanol–water partition coefficient (Wildman–Crippen LogP) is 3.53. The van der Waals surface area contributed by atoms with Crippen molar-refractivity contribution >= 4 is 22.6 Å². The summed E-state index contributed by atoms with van der Waals surface area (Å²) < 4.78 is 5.49. The van der Waals surface area contributed by atoms with E-state index in [0.29, 0.717) is 11.1 Å². The number of nitriles is 1. The van der Waals surface area contributed by atoms with Crippen LogP contribution in [-0.4, -0.2) is 15.7 Å². The molecule has 0 N–H and O–H groups in total. The summed E-state index contributed by atoms with van der Waals surface area (Å²) in [5.41, 5.74) is 1.16. The number of benzene rings is 2. The molecule has 0 aliphatic carbocycles. The monoisotopic (exact) mass is 321 g/mol. The number of Topliss-reactive ketones (excluding diaryl/α,β-unsaturated/α-hetero) is 1. The van der Waals surface area contributed by atoms with Crippen LogP contribution < -0.4 is 0 Å². The summed E-state index contributed by atoms with van der Waals surface area (Å²) in [7, 11) is 0. The maximum absolute atomic E-state index is 12.7. The molecule has 2 aromatic carbocycles. The van der Waals surface area contributed by atoms with Gasteiger partial charge in [0.05, 0.1) is 11.0 Å². The number of aromatic nitrogens is 1. The van der Waals surface area contributed by atoms with Gasteiger partial charge in [-0.1, -0.05) is 24.3 Å². The Kier molecular flexibility index (Phi) is 3.80. The summed E-state index contributed by atoms with van der Waals surface area (Å²) >= 11 is 0. The normalized spacial score (nSPS) is 11.8. The Morgan fingerprint density at radius 3 is 2.71 bits per heavy atom. The number of carbonyl (C=O) groups excluding carboxylic acids is 1. The third-order valence-electron chi connectivity index (χ3n) is 3.72. The maximum atomic E-state index is 12.7. The lowest BCUT2D eigenvalue weighted by molar-refractivity contribution is -0.385. The van der Waals surface area contributed by atoms with E-state index in [1.54, 1.807) is 24.3 Å². The first-order chi connectivity index (χ1) is 11.5. The van der Waals surface area contributed by atoms with Crippen LogP contribution in [0.25, 0.3) is 11.1 Å². The second-order valence-corrected chi connectivity index (χ2v) is 5.15. The Hall–Kier alpha value is -3.53. The molecule has 7 nitrogen and oxygen atoms in total. The van der Waals surface area contributed by atoms with Gasteiger partial charge in [0.15, 0.2) is 17.3 Å². The third-order valence-corrected chi connectivity index (χ3v) is 3.72. The minimum atomic E-state index is -1.27. The molecule has 0 unspecified atom stereocenters. The quantitative estimate of drug-likeness (QED) is 0.413. The zero-order valence-corrected chi connectivity index (χ0v) is 12.6. The van der Waals surface area contributed by atoms with Gasteiger partial charge in [0, 0.05) is 17.2 Å². The molecule has 0 aliphatic rings. The van der Waals surface area contributed by atoms with E-state index < -0.39 is 16.6 Å². The number of carbonyl (C=O) groups is 1. The zero-order chi connectivity index (χ0) is 17.3. The molecule has 1 heterocycles. The van der Waals surface area contributed by atoms with Gasteiger partial charge in [-0.15, -0.1) is 0 Å². The second-order valence-electron chi connectivity index (χ2n) is 5.15. The minimum absolute atomic E-state index is 0.0189. The van der Waals surface area contributed by atoms with Crippen molar-refractivity contribution in [3.8, 4) is 6.07 Å². The highest BCUT2D eigenvalue weighted by Gasteiger charge is 2.29. The van der Waals surface area contributed by atoms with Crippen molar-refractivity contribution in [1.82, 2.24) is 4.98 Å². The summed E-state index contributed by atoms with van der Waals surface area (Å²) in [5, 5.41) is 20.4. The number of nitrogens with zero attached hydrogens (tertiary/aromatic N) is 3. The first kappa shape index (κ1) is 15.4. The number of rotatable bonds is 4. The van der Waals surface area contributed by atoms with E-state index in [1.165, 1.54) is 25.1 Å². The number of hydrogen-bond acceptors (Lipinski definition) is 6. The summed E-state index contributed by atoms with van der Waals surface area (Å²) in [6.07, 6.45) is 0. The van der Waals surface area contributed by atoms with Gasteiger partial charge in [-0.3, -0.25) is 14.9 Å². The molecule has 0 bridgehead atoms. The highest BCUT2D eigenvalue weighted by Crippen LogP contribution is 2.28. The SMILES string of the molecule is Cc1c(C(=O)[C@@H](C#N)c2nc3ccccc3o2)cccc1[N+](=O)[O-]. The lowest BCUT2D eigenvalue weighted by Crippen LogP contribution is -2.13.